The number of alkyl halides is 1. The molecule has 0 N–H and O–H groups in total. The molecule has 0 aliphatic carbocycles. The van der Waals surface area contributed by atoms with Gasteiger partial charge in [-0.05, 0) is 58.9 Å². The minimum atomic E-state index is 0.791. The van der Waals surface area contributed by atoms with Crippen molar-refractivity contribution in [2.75, 3.05) is 39.1 Å². The number of hydrogen-bond donors (Lipinski definition) is 0. The second kappa shape index (κ2) is 8.32. The minimum absolute atomic E-state index is 0.791. The van der Waals surface area contributed by atoms with E-state index in [4.69, 9.17) is 11.6 Å². The van der Waals surface area contributed by atoms with Crippen molar-refractivity contribution in [3.05, 3.63) is 0 Å². The summed E-state index contributed by atoms with van der Waals surface area (Å²) in [5, 5.41) is 0. The smallest absolute Gasteiger partial charge is 0.0235 e. The van der Waals surface area contributed by atoms with Crippen molar-refractivity contribution in [3.63, 3.8) is 0 Å². The van der Waals surface area contributed by atoms with Gasteiger partial charge >= 0.3 is 0 Å². The summed E-state index contributed by atoms with van der Waals surface area (Å²) in [4.78, 5) is 5.07. The third kappa shape index (κ3) is 5.03. The molecular formula is C13H27ClN2. The first-order chi connectivity index (χ1) is 7.77. The Morgan fingerprint density at radius 3 is 2.75 bits per heavy atom. The zero-order valence-electron chi connectivity index (χ0n) is 10.9. The Morgan fingerprint density at radius 2 is 2.12 bits per heavy atom. The fraction of sp³-hybridized carbons (Fsp3) is 1.00. The van der Waals surface area contributed by atoms with Gasteiger partial charge < -0.3 is 9.80 Å². The van der Waals surface area contributed by atoms with Crippen LogP contribution in [-0.2, 0) is 0 Å². The molecule has 3 heteroatoms. The summed E-state index contributed by atoms with van der Waals surface area (Å²) in [6.07, 6.45) is 6.64. The van der Waals surface area contributed by atoms with Gasteiger partial charge in [-0.3, -0.25) is 0 Å². The third-order valence-electron chi connectivity index (χ3n) is 3.76. The largest absolute Gasteiger partial charge is 0.304 e. The molecule has 2 nitrogen and oxygen atoms in total. The Labute approximate surface area is 106 Å². The summed E-state index contributed by atoms with van der Waals surface area (Å²) in [5.41, 5.74) is 0. The van der Waals surface area contributed by atoms with E-state index in [0.717, 1.165) is 31.4 Å². The molecule has 96 valence electrons. The van der Waals surface area contributed by atoms with Crippen molar-refractivity contribution in [1.82, 2.24) is 9.80 Å². The molecule has 1 fully saturated rings. The number of nitrogens with zero attached hydrogens (tertiary/aromatic N) is 2. The molecule has 0 spiro atoms. The van der Waals surface area contributed by atoms with Crippen LogP contribution in [-0.4, -0.2) is 54.9 Å². The number of halogens is 1. The SMILES string of the molecule is CCN(CCCCl)CCC1CCCCN1C. The quantitative estimate of drug-likeness (QED) is 0.638. The molecule has 0 aromatic rings. The Balaban J connectivity index is 2.19. The molecule has 1 rings (SSSR count). The van der Waals surface area contributed by atoms with Crippen molar-refractivity contribution in [2.24, 2.45) is 0 Å². The first-order valence-electron chi connectivity index (χ1n) is 6.76. The second-order valence-electron chi connectivity index (χ2n) is 4.90. The van der Waals surface area contributed by atoms with Crippen LogP contribution in [0.2, 0.25) is 0 Å². The van der Waals surface area contributed by atoms with Gasteiger partial charge in [-0.1, -0.05) is 13.3 Å². The van der Waals surface area contributed by atoms with Crippen molar-refractivity contribution < 1.29 is 0 Å². The molecule has 0 radical (unpaired) electrons. The summed E-state index contributed by atoms with van der Waals surface area (Å²) in [5.74, 6) is 0.791. The van der Waals surface area contributed by atoms with Crippen molar-refractivity contribution >= 4 is 11.6 Å². The Kier molecular flexibility index (Phi) is 7.42. The number of likely N-dealkylation sites (tertiary alicyclic amines) is 1. The van der Waals surface area contributed by atoms with Gasteiger partial charge in [0.05, 0.1) is 0 Å². The third-order valence-corrected chi connectivity index (χ3v) is 4.02. The molecule has 16 heavy (non-hydrogen) atoms. The summed E-state index contributed by atoms with van der Waals surface area (Å²) in [6.45, 7) is 7.10. The van der Waals surface area contributed by atoms with E-state index in [0.29, 0.717) is 0 Å². The zero-order chi connectivity index (χ0) is 11.8. The lowest BCUT2D eigenvalue weighted by atomic mass is 10.00. The zero-order valence-corrected chi connectivity index (χ0v) is 11.7. The Bertz CT molecular complexity index is 175. The lowest BCUT2D eigenvalue weighted by Gasteiger charge is -2.34. The summed E-state index contributed by atoms with van der Waals surface area (Å²) in [6, 6.07) is 0.818. The van der Waals surface area contributed by atoms with Crippen molar-refractivity contribution in [3.8, 4) is 0 Å². The Hall–Kier alpha value is 0.210. The molecule has 1 unspecified atom stereocenters. The van der Waals surface area contributed by atoms with Crippen LogP contribution in [0, 0.1) is 0 Å². The normalized spacial score (nSPS) is 22.9. The highest BCUT2D eigenvalue weighted by Gasteiger charge is 2.18. The van der Waals surface area contributed by atoms with Gasteiger partial charge in [-0.25, -0.2) is 0 Å². The average molecular weight is 247 g/mol. The predicted molar refractivity (Wildman–Crippen MR) is 72.3 cm³/mol. The maximum absolute atomic E-state index is 5.74. The lowest BCUT2D eigenvalue weighted by molar-refractivity contribution is 0.155. The number of rotatable bonds is 7. The van der Waals surface area contributed by atoms with Gasteiger partial charge in [0.15, 0.2) is 0 Å². The van der Waals surface area contributed by atoms with Crippen LogP contribution in [0.5, 0.6) is 0 Å². The minimum Gasteiger partial charge on any atom is -0.304 e. The fourth-order valence-electron chi connectivity index (χ4n) is 2.55. The van der Waals surface area contributed by atoms with Gasteiger partial charge in [0.25, 0.3) is 0 Å². The topological polar surface area (TPSA) is 6.48 Å². The molecule has 1 atom stereocenters. The summed E-state index contributed by atoms with van der Waals surface area (Å²) in [7, 11) is 2.28. The van der Waals surface area contributed by atoms with E-state index < -0.39 is 0 Å². The highest BCUT2D eigenvalue weighted by Crippen LogP contribution is 2.18. The number of piperidine rings is 1. The highest BCUT2D eigenvalue weighted by atomic mass is 35.5. The van der Waals surface area contributed by atoms with Crippen LogP contribution in [0.1, 0.15) is 39.0 Å². The predicted octanol–water partition coefficient (Wildman–Crippen LogP) is 2.81. The summed E-state index contributed by atoms with van der Waals surface area (Å²) < 4.78 is 0. The fourth-order valence-corrected chi connectivity index (χ4v) is 2.67. The molecule has 0 saturated carbocycles. The molecule has 0 aromatic heterocycles. The lowest BCUT2D eigenvalue weighted by Crippen LogP contribution is -2.39. The molecular weight excluding hydrogens is 220 g/mol. The van der Waals surface area contributed by atoms with Gasteiger partial charge in [-0.2, -0.15) is 0 Å². The summed E-state index contributed by atoms with van der Waals surface area (Å²) >= 11 is 5.74. The monoisotopic (exact) mass is 246 g/mol. The molecule has 0 aromatic carbocycles. The second-order valence-corrected chi connectivity index (χ2v) is 5.27. The van der Waals surface area contributed by atoms with Crippen molar-refractivity contribution in [2.45, 2.75) is 45.1 Å². The average Bonchev–Trinajstić information content (AvgIpc) is 2.31. The van der Waals surface area contributed by atoms with E-state index in [9.17, 15) is 0 Å². The molecule has 1 aliphatic rings. The van der Waals surface area contributed by atoms with Crippen LogP contribution in [0.3, 0.4) is 0 Å². The van der Waals surface area contributed by atoms with E-state index in [1.807, 2.05) is 0 Å². The van der Waals surface area contributed by atoms with Gasteiger partial charge in [0, 0.05) is 11.9 Å². The van der Waals surface area contributed by atoms with Crippen LogP contribution < -0.4 is 0 Å². The molecule has 1 heterocycles. The highest BCUT2D eigenvalue weighted by molar-refractivity contribution is 6.17. The molecule has 0 amide bonds. The van der Waals surface area contributed by atoms with Gasteiger partial charge in [-0.15, -0.1) is 11.6 Å². The first kappa shape index (κ1) is 14.3. The molecule has 0 bridgehead atoms. The van der Waals surface area contributed by atoms with Crippen molar-refractivity contribution in [1.29, 1.82) is 0 Å². The van der Waals surface area contributed by atoms with Crippen LogP contribution in [0.25, 0.3) is 0 Å². The standard InChI is InChI=1S/C13H27ClN2/c1-3-16(11-6-9-14)12-8-13-7-4-5-10-15(13)2/h13H,3-12H2,1-2H3. The Morgan fingerprint density at radius 1 is 1.31 bits per heavy atom. The van der Waals surface area contributed by atoms with Crippen LogP contribution in [0.4, 0.5) is 0 Å². The van der Waals surface area contributed by atoms with E-state index in [1.54, 1.807) is 0 Å². The van der Waals surface area contributed by atoms with Crippen LogP contribution in [0.15, 0.2) is 0 Å². The molecule has 1 aliphatic heterocycles. The van der Waals surface area contributed by atoms with Gasteiger partial charge in [0.2, 0.25) is 0 Å². The maximum Gasteiger partial charge on any atom is 0.0235 e. The number of hydrogen-bond acceptors (Lipinski definition) is 2. The van der Waals surface area contributed by atoms with E-state index >= 15 is 0 Å². The molecule has 1 saturated heterocycles. The first-order valence-corrected chi connectivity index (χ1v) is 7.30. The van der Waals surface area contributed by atoms with Crippen LogP contribution >= 0.6 is 11.6 Å². The maximum atomic E-state index is 5.74. The van der Waals surface area contributed by atoms with E-state index in [-0.39, 0.29) is 0 Å². The van der Waals surface area contributed by atoms with E-state index in [2.05, 4.69) is 23.8 Å². The van der Waals surface area contributed by atoms with E-state index in [1.165, 1.54) is 38.8 Å². The van der Waals surface area contributed by atoms with Gasteiger partial charge in [0.1, 0.15) is 0 Å².